The molecule has 0 bridgehead atoms. The molecule has 0 aromatic carbocycles. The van der Waals surface area contributed by atoms with Crippen LogP contribution in [0.1, 0.15) is 136 Å². The summed E-state index contributed by atoms with van der Waals surface area (Å²) >= 11 is -0.348. The van der Waals surface area contributed by atoms with Crippen LogP contribution in [0.3, 0.4) is 0 Å². The maximum absolute atomic E-state index is 11.4. The summed E-state index contributed by atoms with van der Waals surface area (Å²) in [6, 6.07) is 0. The van der Waals surface area contributed by atoms with E-state index in [0.717, 1.165) is 17.3 Å². The van der Waals surface area contributed by atoms with Crippen LogP contribution in [0.4, 0.5) is 4.79 Å². The molecule has 0 N–H and O–H groups in total. The first-order valence-electron chi connectivity index (χ1n) is 12.1. The van der Waals surface area contributed by atoms with Gasteiger partial charge in [0.2, 0.25) is 0 Å². The van der Waals surface area contributed by atoms with E-state index in [1.165, 1.54) is 109 Å². The molecule has 0 aliphatic heterocycles. The molecule has 27 heavy (non-hydrogen) atoms. The zero-order valence-corrected chi connectivity index (χ0v) is 20.7. The van der Waals surface area contributed by atoms with Gasteiger partial charge in [0.1, 0.15) is 0 Å². The Morgan fingerprint density at radius 2 is 0.926 bits per heavy atom. The zero-order valence-electron chi connectivity index (χ0n) is 18.5. The summed E-state index contributed by atoms with van der Waals surface area (Å²) in [5.41, 5.74) is 0. The van der Waals surface area contributed by atoms with Crippen molar-refractivity contribution in [1.29, 1.82) is 0 Å². The van der Waals surface area contributed by atoms with Gasteiger partial charge in [-0.3, -0.25) is 0 Å². The molecule has 0 unspecified atom stereocenters. The summed E-state index contributed by atoms with van der Waals surface area (Å²) in [5.74, 6) is 0. The van der Waals surface area contributed by atoms with Crippen molar-refractivity contribution in [3.8, 4) is 0 Å². The molecule has 0 heterocycles. The van der Waals surface area contributed by atoms with E-state index in [9.17, 15) is 4.79 Å². The fraction of sp³-hybridized carbons (Fsp3) is 0.958. The first kappa shape index (κ1) is 27.2. The Bertz CT molecular complexity index is 294. The molecule has 0 saturated carbocycles. The summed E-state index contributed by atoms with van der Waals surface area (Å²) in [6.07, 6.45) is 26.1. The Morgan fingerprint density at radius 3 is 1.30 bits per heavy atom. The van der Waals surface area contributed by atoms with Gasteiger partial charge in [0, 0.05) is 0 Å². The summed E-state index contributed by atoms with van der Waals surface area (Å²) in [5, 5.41) is 0. The van der Waals surface area contributed by atoms with Crippen LogP contribution in [0.25, 0.3) is 0 Å². The van der Waals surface area contributed by atoms with Crippen LogP contribution < -0.4 is 21.2 Å². The van der Waals surface area contributed by atoms with Gasteiger partial charge in [-0.15, -0.1) is 0 Å². The van der Waals surface area contributed by atoms with Crippen molar-refractivity contribution in [3.63, 3.8) is 0 Å². The number of hydrogen-bond donors (Lipinski definition) is 0. The number of ether oxygens (including phenoxy) is 1. The maximum atomic E-state index is 11.4. The Balaban J connectivity index is 3.04. The topological polar surface area (TPSA) is 26.3 Å². The van der Waals surface area contributed by atoms with E-state index in [1.54, 1.807) is 0 Å². The van der Waals surface area contributed by atoms with Gasteiger partial charge in [-0.25, -0.2) is 0 Å². The van der Waals surface area contributed by atoms with E-state index in [1.807, 2.05) is 0 Å². The molecule has 0 spiro atoms. The number of alkyl halides is 1. The second-order valence-electron chi connectivity index (χ2n) is 7.92. The molecule has 0 atom stereocenters. The fourth-order valence-corrected chi connectivity index (χ4v) is 4.79. The number of rotatable bonds is 22. The van der Waals surface area contributed by atoms with Gasteiger partial charge in [0.25, 0.3) is 0 Å². The third-order valence-corrected chi connectivity index (χ3v) is 7.66. The van der Waals surface area contributed by atoms with Crippen molar-refractivity contribution in [3.05, 3.63) is 0 Å². The van der Waals surface area contributed by atoms with Gasteiger partial charge in [0.05, 0.1) is 0 Å². The molecule has 0 fully saturated rings. The van der Waals surface area contributed by atoms with Crippen LogP contribution in [0.15, 0.2) is 0 Å². The van der Waals surface area contributed by atoms with Crippen LogP contribution in [-0.2, 0) is 4.74 Å². The van der Waals surface area contributed by atoms with Crippen molar-refractivity contribution in [2.45, 2.75) is 136 Å². The minimum absolute atomic E-state index is 0.0997. The van der Waals surface area contributed by atoms with Crippen molar-refractivity contribution >= 4 is 3.98 Å². The average Bonchev–Trinajstić information content (AvgIpc) is 2.68. The van der Waals surface area contributed by atoms with Gasteiger partial charge in [-0.1, -0.05) is 64.7 Å². The van der Waals surface area contributed by atoms with E-state index >= 15 is 0 Å². The zero-order chi connectivity index (χ0) is 19.8. The number of unbranched alkanes of at least 4 members (excludes halogenated alkanes) is 17. The standard InChI is InChI=1S/C24H48IO2/c1-3-5-6-7-8-9-10-11-12-13-14-15-16-17-18-19-20-21-23-27-24(26)25-22-4-2/h3-23H2,1-2H3/q-1. The second kappa shape index (κ2) is 24.2. The molecule has 0 saturated heterocycles. The van der Waals surface area contributed by atoms with Crippen molar-refractivity contribution in [1.82, 2.24) is 0 Å². The van der Waals surface area contributed by atoms with Gasteiger partial charge < -0.3 is 0 Å². The van der Waals surface area contributed by atoms with E-state index in [0.29, 0.717) is 6.61 Å². The summed E-state index contributed by atoms with van der Waals surface area (Å²) in [6.45, 7) is 5.07. The normalized spacial score (nSPS) is 11.2. The van der Waals surface area contributed by atoms with Crippen molar-refractivity contribution in [2.24, 2.45) is 0 Å². The van der Waals surface area contributed by atoms with E-state index in [2.05, 4.69) is 13.8 Å². The molecule has 0 amide bonds. The molecule has 164 valence electrons. The van der Waals surface area contributed by atoms with Crippen molar-refractivity contribution < 1.29 is 30.7 Å². The summed E-state index contributed by atoms with van der Waals surface area (Å²) < 4.78 is 6.45. The Hall–Kier alpha value is 0.200. The third-order valence-electron chi connectivity index (χ3n) is 5.11. The number of carbonyl (C=O) groups excluding carboxylic acids is 1. The third kappa shape index (κ3) is 24.2. The molecule has 0 aromatic heterocycles. The molecule has 0 aliphatic carbocycles. The van der Waals surface area contributed by atoms with E-state index < -0.39 is 0 Å². The number of hydrogen-bond acceptors (Lipinski definition) is 2. The van der Waals surface area contributed by atoms with Gasteiger partial charge in [-0.2, -0.15) is 0 Å². The monoisotopic (exact) mass is 495 g/mol. The SMILES string of the molecule is CCCCCCCCCCCCCCCCCCCCOC(=O)[I-]CCC. The van der Waals surface area contributed by atoms with Crippen LogP contribution >= 0.6 is 0 Å². The summed E-state index contributed by atoms with van der Waals surface area (Å²) in [7, 11) is 0. The van der Waals surface area contributed by atoms with E-state index in [-0.39, 0.29) is 25.2 Å². The quantitative estimate of drug-likeness (QED) is 0.0838. The second-order valence-corrected chi connectivity index (χ2v) is 10.6. The predicted molar refractivity (Wildman–Crippen MR) is 115 cm³/mol. The molecule has 0 aromatic rings. The number of halogens is 1. The Morgan fingerprint density at radius 1 is 0.556 bits per heavy atom. The van der Waals surface area contributed by atoms with Crippen LogP contribution in [0.5, 0.6) is 0 Å². The van der Waals surface area contributed by atoms with Gasteiger partial charge in [-0.05, 0) is 0 Å². The number of carbonyl (C=O) groups is 1. The summed E-state index contributed by atoms with van der Waals surface area (Å²) in [4.78, 5) is 11.4. The molecular weight excluding hydrogens is 447 g/mol. The van der Waals surface area contributed by atoms with Gasteiger partial charge in [0.15, 0.2) is 0 Å². The Kier molecular flexibility index (Phi) is 24.4. The van der Waals surface area contributed by atoms with Gasteiger partial charge >= 0.3 is 117 Å². The molecule has 0 radical (unpaired) electrons. The van der Waals surface area contributed by atoms with Crippen LogP contribution in [0.2, 0.25) is 0 Å². The molecule has 0 aliphatic rings. The molecular formula is C24H48IO2-. The first-order valence-corrected chi connectivity index (χ1v) is 14.7. The molecule has 3 heteroatoms. The first-order chi connectivity index (χ1) is 13.3. The predicted octanol–water partition coefficient (Wildman–Crippen LogP) is 5.66. The van der Waals surface area contributed by atoms with Crippen molar-refractivity contribution in [2.75, 3.05) is 11.0 Å². The van der Waals surface area contributed by atoms with Crippen LogP contribution in [0, 0.1) is 0 Å². The van der Waals surface area contributed by atoms with Crippen LogP contribution in [-0.4, -0.2) is 15.0 Å². The fourth-order valence-electron chi connectivity index (χ4n) is 3.37. The molecule has 2 nitrogen and oxygen atoms in total. The Labute approximate surface area is 181 Å². The molecule has 0 rings (SSSR count). The average molecular weight is 496 g/mol. The van der Waals surface area contributed by atoms with E-state index in [4.69, 9.17) is 4.74 Å². The minimum atomic E-state index is -0.348.